The molecule has 1 aromatic rings. The van der Waals surface area contributed by atoms with Gasteiger partial charge in [-0.3, -0.25) is 14.5 Å². The van der Waals surface area contributed by atoms with E-state index >= 15 is 0 Å². The molecule has 154 valence electrons. The maximum absolute atomic E-state index is 12.7. The van der Waals surface area contributed by atoms with Crippen LogP contribution in [0.15, 0.2) is 30.3 Å². The highest BCUT2D eigenvalue weighted by Crippen LogP contribution is 2.24. The van der Waals surface area contributed by atoms with Crippen LogP contribution < -0.4 is 10.6 Å². The maximum Gasteiger partial charge on any atom is 0.325 e. The standard InChI is InChI=1S/C22H33N3O3/c1-4-5-6-7-11-14-22(3)20(27)25(21(28)24-22)16-19(26)23-15-17(2)18-12-9-8-10-13-18/h8-10,12-13,17H,4-7,11,14-16H2,1-3H3,(H,23,26)(H,24,28). The lowest BCUT2D eigenvalue weighted by molar-refractivity contribution is -0.134. The Labute approximate surface area is 168 Å². The molecular weight excluding hydrogens is 354 g/mol. The van der Waals surface area contributed by atoms with Gasteiger partial charge < -0.3 is 10.6 Å². The molecule has 0 aliphatic carbocycles. The number of carbonyl (C=O) groups excluding carboxylic acids is 3. The van der Waals surface area contributed by atoms with Crippen molar-refractivity contribution in [3.63, 3.8) is 0 Å². The summed E-state index contributed by atoms with van der Waals surface area (Å²) in [7, 11) is 0. The molecular formula is C22H33N3O3. The summed E-state index contributed by atoms with van der Waals surface area (Å²) in [6.45, 7) is 6.16. The fourth-order valence-corrected chi connectivity index (χ4v) is 3.51. The van der Waals surface area contributed by atoms with Gasteiger partial charge in [0.2, 0.25) is 5.91 Å². The number of nitrogens with zero attached hydrogens (tertiary/aromatic N) is 1. The number of carbonyl (C=O) groups is 3. The van der Waals surface area contributed by atoms with Crippen LogP contribution in [0.2, 0.25) is 0 Å². The molecule has 6 nitrogen and oxygen atoms in total. The van der Waals surface area contributed by atoms with Crippen molar-refractivity contribution in [3.05, 3.63) is 35.9 Å². The number of imide groups is 1. The van der Waals surface area contributed by atoms with E-state index in [0.29, 0.717) is 13.0 Å². The smallest absolute Gasteiger partial charge is 0.325 e. The van der Waals surface area contributed by atoms with Gasteiger partial charge in [-0.05, 0) is 24.8 Å². The van der Waals surface area contributed by atoms with E-state index < -0.39 is 11.6 Å². The summed E-state index contributed by atoms with van der Waals surface area (Å²) in [4.78, 5) is 38.3. The van der Waals surface area contributed by atoms with Crippen LogP contribution in [-0.4, -0.2) is 41.4 Å². The molecule has 2 atom stereocenters. The minimum atomic E-state index is -0.902. The second kappa shape index (κ2) is 10.2. The molecule has 0 radical (unpaired) electrons. The molecule has 1 aromatic carbocycles. The number of amides is 4. The molecule has 28 heavy (non-hydrogen) atoms. The van der Waals surface area contributed by atoms with Crippen LogP contribution >= 0.6 is 0 Å². The molecule has 2 rings (SSSR count). The van der Waals surface area contributed by atoms with Gasteiger partial charge in [-0.1, -0.05) is 76.3 Å². The van der Waals surface area contributed by atoms with Crippen LogP contribution in [0.5, 0.6) is 0 Å². The van der Waals surface area contributed by atoms with Crippen LogP contribution in [0.25, 0.3) is 0 Å². The molecule has 4 amide bonds. The van der Waals surface area contributed by atoms with Crippen molar-refractivity contribution < 1.29 is 14.4 Å². The zero-order valence-electron chi connectivity index (χ0n) is 17.3. The van der Waals surface area contributed by atoms with Crippen molar-refractivity contribution in [2.24, 2.45) is 0 Å². The molecule has 0 spiro atoms. The highest BCUT2D eigenvalue weighted by atomic mass is 16.2. The maximum atomic E-state index is 12.7. The zero-order chi connectivity index (χ0) is 20.6. The minimum absolute atomic E-state index is 0.154. The Hall–Kier alpha value is -2.37. The van der Waals surface area contributed by atoms with Crippen molar-refractivity contribution in [2.75, 3.05) is 13.1 Å². The highest BCUT2D eigenvalue weighted by Gasteiger charge is 2.47. The first-order chi connectivity index (χ1) is 13.4. The summed E-state index contributed by atoms with van der Waals surface area (Å²) in [5.41, 5.74) is 0.231. The molecule has 2 unspecified atom stereocenters. The van der Waals surface area contributed by atoms with Gasteiger partial charge in [0.15, 0.2) is 0 Å². The Morgan fingerprint density at radius 1 is 1.14 bits per heavy atom. The van der Waals surface area contributed by atoms with E-state index in [9.17, 15) is 14.4 Å². The van der Waals surface area contributed by atoms with Gasteiger partial charge in [0.05, 0.1) is 0 Å². The average molecular weight is 388 g/mol. The molecule has 2 N–H and O–H groups in total. The Bertz CT molecular complexity index is 677. The van der Waals surface area contributed by atoms with E-state index in [2.05, 4.69) is 17.6 Å². The zero-order valence-corrected chi connectivity index (χ0v) is 17.3. The third-order valence-electron chi connectivity index (χ3n) is 5.40. The first-order valence-corrected chi connectivity index (χ1v) is 10.3. The number of hydrogen-bond donors (Lipinski definition) is 2. The lowest BCUT2D eigenvalue weighted by Crippen LogP contribution is -2.45. The summed E-state index contributed by atoms with van der Waals surface area (Å²) < 4.78 is 0. The van der Waals surface area contributed by atoms with Gasteiger partial charge >= 0.3 is 6.03 Å². The van der Waals surface area contributed by atoms with Crippen molar-refractivity contribution in [3.8, 4) is 0 Å². The Kier molecular flexibility index (Phi) is 8.03. The molecule has 6 heteroatoms. The van der Waals surface area contributed by atoms with E-state index in [1.54, 1.807) is 6.92 Å². The molecule has 0 bridgehead atoms. The van der Waals surface area contributed by atoms with Crippen molar-refractivity contribution in [1.29, 1.82) is 0 Å². The Morgan fingerprint density at radius 3 is 2.50 bits per heavy atom. The first-order valence-electron chi connectivity index (χ1n) is 10.3. The lowest BCUT2D eigenvalue weighted by Gasteiger charge is -2.21. The van der Waals surface area contributed by atoms with Crippen LogP contribution in [0.1, 0.15) is 70.8 Å². The molecule has 1 aliphatic heterocycles. The quantitative estimate of drug-likeness (QED) is 0.450. The van der Waals surface area contributed by atoms with Crippen molar-refractivity contribution in [1.82, 2.24) is 15.5 Å². The van der Waals surface area contributed by atoms with Crippen molar-refractivity contribution in [2.45, 2.75) is 70.8 Å². The second-order valence-electron chi connectivity index (χ2n) is 7.93. The average Bonchev–Trinajstić information content (AvgIpc) is 2.90. The number of nitrogens with one attached hydrogen (secondary N) is 2. The van der Waals surface area contributed by atoms with Gasteiger partial charge in [-0.25, -0.2) is 4.79 Å². The van der Waals surface area contributed by atoms with E-state index in [-0.39, 0.29) is 24.3 Å². The van der Waals surface area contributed by atoms with E-state index in [0.717, 1.165) is 29.7 Å². The molecule has 1 aliphatic rings. The normalized spacial score (nSPS) is 20.2. The number of rotatable bonds is 11. The lowest BCUT2D eigenvalue weighted by atomic mass is 9.94. The van der Waals surface area contributed by atoms with Gasteiger partial charge in [0.25, 0.3) is 5.91 Å². The minimum Gasteiger partial charge on any atom is -0.354 e. The monoisotopic (exact) mass is 387 g/mol. The Morgan fingerprint density at radius 2 is 1.82 bits per heavy atom. The third-order valence-corrected chi connectivity index (χ3v) is 5.40. The van der Waals surface area contributed by atoms with Gasteiger partial charge in [-0.2, -0.15) is 0 Å². The van der Waals surface area contributed by atoms with E-state index in [1.165, 1.54) is 12.8 Å². The summed E-state index contributed by atoms with van der Waals surface area (Å²) >= 11 is 0. The number of unbranched alkanes of at least 4 members (excludes halogenated alkanes) is 4. The fourth-order valence-electron chi connectivity index (χ4n) is 3.51. The third kappa shape index (κ3) is 5.81. The predicted octanol–water partition coefficient (Wildman–Crippen LogP) is 3.58. The van der Waals surface area contributed by atoms with Crippen LogP contribution in [0.3, 0.4) is 0 Å². The predicted molar refractivity (Wildman–Crippen MR) is 110 cm³/mol. The van der Waals surface area contributed by atoms with Crippen LogP contribution in [0.4, 0.5) is 4.79 Å². The summed E-state index contributed by atoms with van der Waals surface area (Å²) in [5, 5.41) is 5.60. The Balaban J connectivity index is 1.81. The van der Waals surface area contributed by atoms with Crippen molar-refractivity contribution >= 4 is 17.8 Å². The molecule has 1 saturated heterocycles. The van der Waals surface area contributed by atoms with E-state index in [1.807, 2.05) is 37.3 Å². The summed E-state index contributed by atoms with van der Waals surface area (Å²) in [6, 6.07) is 9.43. The van der Waals surface area contributed by atoms with Crippen LogP contribution in [-0.2, 0) is 9.59 Å². The highest BCUT2D eigenvalue weighted by molar-refractivity contribution is 6.08. The number of urea groups is 1. The van der Waals surface area contributed by atoms with Gasteiger partial charge in [0, 0.05) is 6.54 Å². The largest absolute Gasteiger partial charge is 0.354 e. The molecule has 0 saturated carbocycles. The number of hydrogen-bond acceptors (Lipinski definition) is 3. The molecule has 1 fully saturated rings. The SMILES string of the molecule is CCCCCCCC1(C)NC(=O)N(CC(=O)NCC(C)c2ccccc2)C1=O. The van der Waals surface area contributed by atoms with Gasteiger partial charge in [0.1, 0.15) is 12.1 Å². The summed E-state index contributed by atoms with van der Waals surface area (Å²) in [5.74, 6) is -0.473. The molecule has 0 aromatic heterocycles. The second-order valence-corrected chi connectivity index (χ2v) is 7.93. The number of benzene rings is 1. The first kappa shape index (κ1) is 21.9. The van der Waals surface area contributed by atoms with E-state index in [4.69, 9.17) is 0 Å². The van der Waals surface area contributed by atoms with Crippen LogP contribution in [0, 0.1) is 0 Å². The van der Waals surface area contributed by atoms with Gasteiger partial charge in [-0.15, -0.1) is 0 Å². The fraction of sp³-hybridized carbons (Fsp3) is 0.591. The summed E-state index contributed by atoms with van der Waals surface area (Å²) in [6.07, 6.45) is 6.02. The molecule has 1 heterocycles. The topological polar surface area (TPSA) is 78.5 Å².